The summed E-state index contributed by atoms with van der Waals surface area (Å²) in [6.07, 6.45) is 5.97. The molecule has 5 nitrogen and oxygen atoms in total. The first-order chi connectivity index (χ1) is 12.5. The van der Waals surface area contributed by atoms with Gasteiger partial charge in [0.1, 0.15) is 11.6 Å². The number of esters is 1. The number of methoxy groups -OCH3 is 1. The Balaban J connectivity index is 1.63. The molecule has 0 aromatic heterocycles. The van der Waals surface area contributed by atoms with E-state index >= 15 is 0 Å². The van der Waals surface area contributed by atoms with Gasteiger partial charge in [-0.15, -0.1) is 0 Å². The molecule has 3 N–H and O–H groups in total. The standard InChI is InChI=1S/C21H28N2O3/c1-26-19(24)18(12-13-5-3-2-4-6-13)23-21(20(22)25)16-8-14-7-15(10-16)11-17(21)9-14/h2-6,14-18,23H,7-12H2,1H3,(H2,22,25)/t14?,15?,16?,17?,18-,21?/m1/s1. The lowest BCUT2D eigenvalue weighted by atomic mass is 9.48. The maximum absolute atomic E-state index is 12.7. The number of ether oxygens (including phenoxy) is 1. The van der Waals surface area contributed by atoms with Crippen LogP contribution in [0.25, 0.3) is 0 Å². The van der Waals surface area contributed by atoms with Gasteiger partial charge in [-0.3, -0.25) is 14.9 Å². The lowest BCUT2D eigenvalue weighted by Gasteiger charge is -2.60. The van der Waals surface area contributed by atoms with Crippen LogP contribution in [0.15, 0.2) is 30.3 Å². The van der Waals surface area contributed by atoms with E-state index in [0.717, 1.165) is 43.1 Å². The highest BCUT2D eigenvalue weighted by Crippen LogP contribution is 2.58. The van der Waals surface area contributed by atoms with Crippen LogP contribution in [-0.4, -0.2) is 30.6 Å². The second-order valence-electron chi connectivity index (χ2n) is 8.45. The van der Waals surface area contributed by atoms with Crippen molar-refractivity contribution in [2.75, 3.05) is 7.11 Å². The number of nitrogens with one attached hydrogen (secondary N) is 1. The molecule has 0 heterocycles. The summed E-state index contributed by atoms with van der Waals surface area (Å²) in [5.41, 5.74) is 6.25. The minimum absolute atomic E-state index is 0.235. The van der Waals surface area contributed by atoms with Gasteiger partial charge in [-0.25, -0.2) is 0 Å². The number of nitrogens with two attached hydrogens (primary N) is 1. The van der Waals surface area contributed by atoms with E-state index in [-0.39, 0.29) is 23.7 Å². The van der Waals surface area contributed by atoms with E-state index in [9.17, 15) is 9.59 Å². The van der Waals surface area contributed by atoms with Gasteiger partial charge in [0.05, 0.1) is 7.11 Å². The van der Waals surface area contributed by atoms with Gasteiger partial charge in [0.2, 0.25) is 5.91 Å². The lowest BCUT2D eigenvalue weighted by molar-refractivity contribution is -0.152. The molecular formula is C21H28N2O3. The maximum atomic E-state index is 12.7. The van der Waals surface area contributed by atoms with Crippen molar-refractivity contribution in [1.82, 2.24) is 5.32 Å². The normalized spacial score (nSPS) is 35.9. The molecule has 5 rings (SSSR count). The molecule has 0 aliphatic heterocycles. The van der Waals surface area contributed by atoms with Crippen LogP contribution < -0.4 is 11.1 Å². The van der Waals surface area contributed by atoms with E-state index < -0.39 is 11.6 Å². The molecule has 5 heteroatoms. The molecule has 0 saturated heterocycles. The van der Waals surface area contributed by atoms with Gasteiger partial charge < -0.3 is 10.5 Å². The number of primary amides is 1. The van der Waals surface area contributed by atoms with E-state index in [1.807, 2.05) is 30.3 Å². The fourth-order valence-electron chi connectivity index (χ4n) is 6.11. The third-order valence-corrected chi connectivity index (χ3v) is 7.02. The Kier molecular flexibility index (Phi) is 4.51. The molecule has 4 aliphatic carbocycles. The third-order valence-electron chi connectivity index (χ3n) is 7.02. The van der Waals surface area contributed by atoms with Crippen molar-refractivity contribution in [3.05, 3.63) is 35.9 Å². The Bertz CT molecular complexity index is 660. The van der Waals surface area contributed by atoms with E-state index in [1.165, 1.54) is 13.5 Å². The predicted octanol–water partition coefficient (Wildman–Crippen LogP) is 2.04. The molecule has 4 fully saturated rings. The zero-order valence-corrected chi connectivity index (χ0v) is 15.3. The van der Waals surface area contributed by atoms with Crippen molar-refractivity contribution in [2.45, 2.75) is 50.1 Å². The average Bonchev–Trinajstić information content (AvgIpc) is 2.63. The molecule has 1 atom stereocenters. The van der Waals surface area contributed by atoms with Crippen molar-refractivity contribution in [3.63, 3.8) is 0 Å². The summed E-state index contributed by atoms with van der Waals surface area (Å²) in [5, 5.41) is 3.46. The zero-order chi connectivity index (χ0) is 18.3. The Morgan fingerprint density at radius 3 is 2.19 bits per heavy atom. The van der Waals surface area contributed by atoms with Crippen LogP contribution in [0.2, 0.25) is 0 Å². The van der Waals surface area contributed by atoms with E-state index in [2.05, 4.69) is 5.32 Å². The maximum Gasteiger partial charge on any atom is 0.323 e. The average molecular weight is 356 g/mol. The number of hydrogen-bond donors (Lipinski definition) is 2. The van der Waals surface area contributed by atoms with Gasteiger partial charge in [0.15, 0.2) is 0 Å². The Morgan fingerprint density at radius 1 is 1.12 bits per heavy atom. The van der Waals surface area contributed by atoms with Crippen molar-refractivity contribution in [3.8, 4) is 0 Å². The third kappa shape index (κ3) is 2.82. The quantitative estimate of drug-likeness (QED) is 0.764. The van der Waals surface area contributed by atoms with Crippen molar-refractivity contribution in [1.29, 1.82) is 0 Å². The summed E-state index contributed by atoms with van der Waals surface area (Å²) in [6, 6.07) is 9.28. The first-order valence-corrected chi connectivity index (χ1v) is 9.72. The molecule has 4 aliphatic rings. The number of carbonyl (C=O) groups excluding carboxylic acids is 2. The first kappa shape index (κ1) is 17.5. The summed E-state index contributed by atoms with van der Waals surface area (Å²) in [7, 11) is 1.40. The zero-order valence-electron chi connectivity index (χ0n) is 15.3. The SMILES string of the molecule is COC(=O)[C@@H](Cc1ccccc1)NC1(C(N)=O)C2CC3CC(C2)CC1C3. The highest BCUT2D eigenvalue weighted by Gasteiger charge is 2.61. The molecule has 1 aromatic carbocycles. The highest BCUT2D eigenvalue weighted by molar-refractivity contribution is 5.87. The second-order valence-corrected chi connectivity index (χ2v) is 8.45. The summed E-state index contributed by atoms with van der Waals surface area (Å²) in [5.74, 6) is 1.28. The number of benzene rings is 1. The van der Waals surface area contributed by atoms with Gasteiger partial charge in [0, 0.05) is 0 Å². The van der Waals surface area contributed by atoms with Crippen LogP contribution in [0.1, 0.15) is 37.7 Å². The Hall–Kier alpha value is -1.88. The predicted molar refractivity (Wildman–Crippen MR) is 98.1 cm³/mol. The molecular weight excluding hydrogens is 328 g/mol. The van der Waals surface area contributed by atoms with E-state index in [1.54, 1.807) is 0 Å². The van der Waals surface area contributed by atoms with Crippen LogP contribution in [0, 0.1) is 23.7 Å². The fourth-order valence-corrected chi connectivity index (χ4v) is 6.11. The number of hydrogen-bond acceptors (Lipinski definition) is 4. The number of rotatable bonds is 6. The minimum atomic E-state index is -0.777. The van der Waals surface area contributed by atoms with Gasteiger partial charge in [-0.1, -0.05) is 30.3 Å². The summed E-state index contributed by atoms with van der Waals surface area (Å²) >= 11 is 0. The first-order valence-electron chi connectivity index (χ1n) is 9.72. The lowest BCUT2D eigenvalue weighted by Crippen LogP contribution is -2.73. The molecule has 4 bridgehead atoms. The molecule has 0 unspecified atom stereocenters. The molecule has 0 radical (unpaired) electrons. The van der Waals surface area contributed by atoms with Crippen molar-refractivity contribution in [2.24, 2.45) is 29.4 Å². The van der Waals surface area contributed by atoms with Crippen LogP contribution in [-0.2, 0) is 20.7 Å². The minimum Gasteiger partial charge on any atom is -0.468 e. The monoisotopic (exact) mass is 356 g/mol. The molecule has 1 amide bonds. The van der Waals surface area contributed by atoms with Crippen LogP contribution in [0.3, 0.4) is 0 Å². The summed E-state index contributed by atoms with van der Waals surface area (Å²) in [6.45, 7) is 0. The highest BCUT2D eigenvalue weighted by atomic mass is 16.5. The molecule has 26 heavy (non-hydrogen) atoms. The Labute approximate surface area is 154 Å². The van der Waals surface area contributed by atoms with Crippen LogP contribution in [0.4, 0.5) is 0 Å². The van der Waals surface area contributed by atoms with Crippen molar-refractivity contribution < 1.29 is 14.3 Å². The van der Waals surface area contributed by atoms with Gasteiger partial charge >= 0.3 is 5.97 Å². The fraction of sp³-hybridized carbons (Fsp3) is 0.619. The van der Waals surface area contributed by atoms with Crippen LogP contribution >= 0.6 is 0 Å². The molecule has 0 spiro atoms. The topological polar surface area (TPSA) is 81.4 Å². The van der Waals surface area contributed by atoms with E-state index in [0.29, 0.717) is 6.42 Å². The largest absolute Gasteiger partial charge is 0.468 e. The Morgan fingerprint density at radius 2 is 1.69 bits per heavy atom. The number of amides is 1. The van der Waals surface area contributed by atoms with Gasteiger partial charge in [0.25, 0.3) is 0 Å². The molecule has 1 aromatic rings. The summed E-state index contributed by atoms with van der Waals surface area (Å²) < 4.78 is 5.05. The summed E-state index contributed by atoms with van der Waals surface area (Å²) in [4.78, 5) is 25.2. The van der Waals surface area contributed by atoms with Gasteiger partial charge in [-0.2, -0.15) is 0 Å². The smallest absolute Gasteiger partial charge is 0.323 e. The molecule has 140 valence electrons. The van der Waals surface area contributed by atoms with Crippen molar-refractivity contribution >= 4 is 11.9 Å². The van der Waals surface area contributed by atoms with Gasteiger partial charge in [-0.05, 0) is 67.8 Å². The second kappa shape index (κ2) is 6.69. The van der Waals surface area contributed by atoms with Crippen LogP contribution in [0.5, 0.6) is 0 Å². The number of carbonyl (C=O) groups is 2. The van der Waals surface area contributed by atoms with E-state index in [4.69, 9.17) is 10.5 Å². The molecule has 4 saturated carbocycles.